The normalized spacial score (nSPS) is 13.2. The van der Waals surface area contributed by atoms with E-state index in [4.69, 9.17) is 4.42 Å². The van der Waals surface area contributed by atoms with Crippen LogP contribution < -0.4 is 0 Å². The van der Waals surface area contributed by atoms with Gasteiger partial charge in [0.05, 0.1) is 17.6 Å². The van der Waals surface area contributed by atoms with Gasteiger partial charge in [0.15, 0.2) is 16.8 Å². The van der Waals surface area contributed by atoms with E-state index in [1.807, 2.05) is 30.7 Å². The maximum atomic E-state index is 12.5. The van der Waals surface area contributed by atoms with Crippen LogP contribution in [0.4, 0.5) is 0 Å². The van der Waals surface area contributed by atoms with E-state index in [9.17, 15) is 4.79 Å². The van der Waals surface area contributed by atoms with E-state index in [1.54, 1.807) is 6.26 Å². The largest absolute Gasteiger partial charge is 0.469 e. The molecule has 0 spiro atoms. The van der Waals surface area contributed by atoms with Crippen molar-refractivity contribution in [2.24, 2.45) is 7.05 Å². The number of hydrogen-bond donors (Lipinski definition) is 0. The number of nitrogens with zero attached hydrogens (tertiary/aromatic N) is 3. The highest BCUT2D eigenvalue weighted by Crippen LogP contribution is 2.27. The molecule has 1 aromatic carbocycles. The molecule has 0 N–H and O–H groups in total. The van der Waals surface area contributed by atoms with Gasteiger partial charge in [0.2, 0.25) is 0 Å². The Morgan fingerprint density at radius 1 is 1.24 bits per heavy atom. The summed E-state index contributed by atoms with van der Waals surface area (Å²) < 4.78 is 7.23. The average molecular weight is 353 g/mol. The molecule has 0 saturated heterocycles. The first kappa shape index (κ1) is 16.1. The zero-order valence-corrected chi connectivity index (χ0v) is 15.1. The van der Waals surface area contributed by atoms with Crippen LogP contribution in [-0.2, 0) is 19.9 Å². The summed E-state index contributed by atoms with van der Waals surface area (Å²) in [6.45, 7) is 1.90. The predicted molar refractivity (Wildman–Crippen MR) is 97.0 cm³/mol. The number of aromatic nitrogens is 3. The Morgan fingerprint density at radius 3 is 2.88 bits per heavy atom. The summed E-state index contributed by atoms with van der Waals surface area (Å²) >= 11 is 1.42. The molecular formula is C19H19N3O2S. The van der Waals surface area contributed by atoms with E-state index >= 15 is 0 Å². The van der Waals surface area contributed by atoms with Gasteiger partial charge >= 0.3 is 0 Å². The third-order valence-corrected chi connectivity index (χ3v) is 5.71. The molecule has 5 nitrogen and oxygen atoms in total. The van der Waals surface area contributed by atoms with E-state index in [0.717, 1.165) is 40.7 Å². The van der Waals surface area contributed by atoms with Crippen LogP contribution in [0.3, 0.4) is 0 Å². The van der Waals surface area contributed by atoms with E-state index in [-0.39, 0.29) is 5.78 Å². The fourth-order valence-corrected chi connectivity index (χ4v) is 4.06. The van der Waals surface area contributed by atoms with Crippen molar-refractivity contribution in [3.8, 4) is 11.4 Å². The smallest absolute Gasteiger partial charge is 0.191 e. The number of thioether (sulfide) groups is 1. The molecule has 0 bridgehead atoms. The van der Waals surface area contributed by atoms with Gasteiger partial charge in [-0.1, -0.05) is 23.9 Å². The van der Waals surface area contributed by atoms with Gasteiger partial charge in [-0.3, -0.25) is 4.79 Å². The molecule has 0 amide bonds. The molecule has 1 aliphatic rings. The third-order valence-electron chi connectivity index (χ3n) is 4.69. The van der Waals surface area contributed by atoms with Crippen molar-refractivity contribution < 1.29 is 9.21 Å². The molecule has 0 atom stereocenters. The summed E-state index contributed by atoms with van der Waals surface area (Å²) in [4.78, 5) is 12.5. The highest BCUT2D eigenvalue weighted by molar-refractivity contribution is 7.99. The summed E-state index contributed by atoms with van der Waals surface area (Å²) in [5.74, 6) is 2.04. The number of fused-ring (bicyclic) bond motifs is 1. The Balaban J connectivity index is 1.47. The Morgan fingerprint density at radius 2 is 2.08 bits per heavy atom. The highest BCUT2D eigenvalue weighted by Gasteiger charge is 2.17. The third kappa shape index (κ3) is 3.02. The number of aryl methyl sites for hydroxylation is 3. The van der Waals surface area contributed by atoms with Crippen LogP contribution in [0.15, 0.2) is 40.1 Å². The van der Waals surface area contributed by atoms with Gasteiger partial charge in [-0.2, -0.15) is 0 Å². The molecule has 0 unspecified atom stereocenters. The molecule has 3 aromatic rings. The maximum absolute atomic E-state index is 12.5. The fraction of sp³-hybridized carbons (Fsp3) is 0.316. The molecule has 0 radical (unpaired) electrons. The second kappa shape index (κ2) is 6.52. The van der Waals surface area contributed by atoms with Crippen molar-refractivity contribution in [1.29, 1.82) is 0 Å². The van der Waals surface area contributed by atoms with E-state index in [2.05, 4.69) is 22.3 Å². The van der Waals surface area contributed by atoms with Crippen molar-refractivity contribution in [2.75, 3.05) is 5.75 Å². The number of benzene rings is 1. The van der Waals surface area contributed by atoms with Crippen molar-refractivity contribution in [2.45, 2.75) is 31.3 Å². The van der Waals surface area contributed by atoms with Crippen LogP contribution in [-0.4, -0.2) is 26.3 Å². The molecular weight excluding hydrogens is 334 g/mol. The summed E-state index contributed by atoms with van der Waals surface area (Å²) in [7, 11) is 1.91. The van der Waals surface area contributed by atoms with Gasteiger partial charge in [-0.05, 0) is 49.4 Å². The van der Waals surface area contributed by atoms with Crippen LogP contribution in [0, 0.1) is 6.92 Å². The number of carbonyl (C=O) groups excluding carboxylic acids is 1. The zero-order chi connectivity index (χ0) is 17.4. The molecule has 0 saturated carbocycles. The molecule has 2 heterocycles. The minimum absolute atomic E-state index is 0.128. The predicted octanol–water partition coefficient (Wildman–Crippen LogP) is 3.85. The van der Waals surface area contributed by atoms with Gasteiger partial charge in [0.25, 0.3) is 0 Å². The van der Waals surface area contributed by atoms with E-state index in [0.29, 0.717) is 5.75 Å². The monoisotopic (exact) mass is 353 g/mol. The molecule has 1 aliphatic carbocycles. The number of hydrogen-bond acceptors (Lipinski definition) is 5. The summed E-state index contributed by atoms with van der Waals surface area (Å²) in [5.41, 5.74) is 4.43. The van der Waals surface area contributed by atoms with E-state index < -0.39 is 0 Å². The number of carbonyl (C=O) groups is 1. The van der Waals surface area contributed by atoms with Gasteiger partial charge < -0.3 is 8.98 Å². The molecule has 4 rings (SSSR count). The van der Waals surface area contributed by atoms with Crippen LogP contribution in [0.2, 0.25) is 0 Å². The van der Waals surface area contributed by atoms with Gasteiger partial charge in [0, 0.05) is 12.6 Å². The molecule has 0 fully saturated rings. The Bertz CT molecular complexity index is 942. The lowest BCUT2D eigenvalue weighted by Crippen LogP contribution is -2.05. The lowest BCUT2D eigenvalue weighted by atomic mass is 10.0. The van der Waals surface area contributed by atoms with Crippen molar-refractivity contribution in [1.82, 2.24) is 14.8 Å². The van der Waals surface area contributed by atoms with Crippen molar-refractivity contribution in [3.63, 3.8) is 0 Å². The Kier molecular flexibility index (Phi) is 4.21. The minimum Gasteiger partial charge on any atom is -0.469 e. The first-order valence-corrected chi connectivity index (χ1v) is 9.33. The van der Waals surface area contributed by atoms with E-state index in [1.165, 1.54) is 29.3 Å². The average Bonchev–Trinajstić information content (AvgIpc) is 3.32. The topological polar surface area (TPSA) is 60.9 Å². The lowest BCUT2D eigenvalue weighted by molar-refractivity contribution is 0.102. The SMILES string of the molecule is Cc1occc1-c1nnc(SCC(=O)c2ccc3c(c2)CCC3)n1C. The fourth-order valence-electron chi connectivity index (χ4n) is 3.25. The first-order valence-electron chi connectivity index (χ1n) is 8.35. The first-order chi connectivity index (χ1) is 12.1. The quantitative estimate of drug-likeness (QED) is 0.515. The number of Topliss-reactive ketones (excluding diaryl/α,β-unsaturated/α-hetero) is 1. The molecule has 25 heavy (non-hydrogen) atoms. The molecule has 0 aliphatic heterocycles. The number of rotatable bonds is 5. The van der Waals surface area contributed by atoms with Crippen LogP contribution >= 0.6 is 11.8 Å². The zero-order valence-electron chi connectivity index (χ0n) is 14.3. The highest BCUT2D eigenvalue weighted by atomic mass is 32.2. The Labute approximate surface area is 150 Å². The lowest BCUT2D eigenvalue weighted by Gasteiger charge is -2.05. The van der Waals surface area contributed by atoms with Crippen molar-refractivity contribution >= 4 is 17.5 Å². The molecule has 6 heteroatoms. The van der Waals surface area contributed by atoms with Crippen LogP contribution in [0.1, 0.15) is 33.7 Å². The van der Waals surface area contributed by atoms with Gasteiger partial charge in [-0.25, -0.2) is 0 Å². The summed E-state index contributed by atoms with van der Waals surface area (Å²) in [5, 5.41) is 9.18. The van der Waals surface area contributed by atoms with Gasteiger partial charge in [0.1, 0.15) is 5.76 Å². The standard InChI is InChI=1S/C19H19N3O2S/c1-12-16(8-9-24-12)18-20-21-19(22(18)2)25-11-17(23)15-7-6-13-4-3-5-14(13)10-15/h6-10H,3-5,11H2,1-2H3. The maximum Gasteiger partial charge on any atom is 0.191 e. The number of furan rings is 1. The summed E-state index contributed by atoms with van der Waals surface area (Å²) in [6, 6.07) is 7.98. The molecule has 2 aromatic heterocycles. The van der Waals surface area contributed by atoms with Crippen molar-refractivity contribution in [3.05, 3.63) is 53.0 Å². The Hall–Kier alpha value is -2.34. The minimum atomic E-state index is 0.128. The van der Waals surface area contributed by atoms with Gasteiger partial charge in [-0.15, -0.1) is 10.2 Å². The number of ketones is 1. The second-order valence-electron chi connectivity index (χ2n) is 6.30. The van der Waals surface area contributed by atoms with Crippen LogP contribution in [0.25, 0.3) is 11.4 Å². The second-order valence-corrected chi connectivity index (χ2v) is 7.25. The summed E-state index contributed by atoms with van der Waals surface area (Å²) in [6.07, 6.45) is 5.05. The molecule has 128 valence electrons. The van der Waals surface area contributed by atoms with Crippen LogP contribution in [0.5, 0.6) is 0 Å².